The van der Waals surface area contributed by atoms with Crippen molar-refractivity contribution in [2.75, 3.05) is 7.05 Å². The van der Waals surface area contributed by atoms with Gasteiger partial charge in [-0.15, -0.1) is 0 Å². The second-order valence-electron chi connectivity index (χ2n) is 1.57. The van der Waals surface area contributed by atoms with E-state index in [9.17, 15) is 18.0 Å². The van der Waals surface area contributed by atoms with Gasteiger partial charge in [0.05, 0.1) is 6.42 Å². The minimum atomic E-state index is -4.72. The first-order valence-corrected chi connectivity index (χ1v) is 2.49. The summed E-state index contributed by atoms with van der Waals surface area (Å²) in [5.41, 5.74) is 0. The predicted molar refractivity (Wildman–Crippen MR) is 30.1 cm³/mol. The maximum absolute atomic E-state index is 11.4. The van der Waals surface area contributed by atoms with Crippen molar-refractivity contribution in [1.82, 2.24) is 0 Å². The fraction of sp³-hybridized carbons (Fsp3) is 0.600. The van der Waals surface area contributed by atoms with Gasteiger partial charge in [-0.3, -0.25) is 4.79 Å². The summed E-state index contributed by atoms with van der Waals surface area (Å²) >= 11 is 0. The normalized spacial score (nSPS) is 12.4. The molecule has 0 aliphatic carbocycles. The fourth-order valence-corrected chi connectivity index (χ4v) is 0.290. The number of hydrogen-bond acceptors (Lipinski definition) is 2. The van der Waals surface area contributed by atoms with Crippen LogP contribution in [0.15, 0.2) is 4.99 Å². The quantitative estimate of drug-likeness (QED) is 0.548. The molecule has 0 heterocycles. The molecule has 10 heavy (non-hydrogen) atoms. The van der Waals surface area contributed by atoms with Crippen molar-refractivity contribution in [3.63, 3.8) is 0 Å². The van der Waals surface area contributed by atoms with Crippen LogP contribution in [0.3, 0.4) is 0 Å². The number of aliphatic imine (C=N–C) groups is 1. The van der Waals surface area contributed by atoms with Crippen LogP contribution in [0, 0.1) is 0 Å². The highest BCUT2D eigenvalue weighted by atomic mass is 19.4. The van der Waals surface area contributed by atoms with Gasteiger partial charge in [0.15, 0.2) is 0 Å². The number of ketones is 1. The van der Waals surface area contributed by atoms with E-state index in [4.69, 9.17) is 0 Å². The Balaban J connectivity index is 3.86. The number of halogens is 3. The third kappa shape index (κ3) is 3.21. The lowest BCUT2D eigenvalue weighted by Crippen LogP contribution is -2.22. The van der Waals surface area contributed by atoms with E-state index in [0.717, 1.165) is 6.21 Å². The SMILES string of the molecule is CN=CCC(=O)C(F)(F)F. The van der Waals surface area contributed by atoms with Crippen molar-refractivity contribution in [2.45, 2.75) is 12.6 Å². The lowest BCUT2D eigenvalue weighted by atomic mass is 10.3. The molecule has 58 valence electrons. The summed E-state index contributed by atoms with van der Waals surface area (Å²) in [5, 5.41) is 0. The van der Waals surface area contributed by atoms with Crippen molar-refractivity contribution in [3.05, 3.63) is 0 Å². The first-order chi connectivity index (χ1) is 4.48. The van der Waals surface area contributed by atoms with E-state index >= 15 is 0 Å². The van der Waals surface area contributed by atoms with Crippen LogP contribution >= 0.6 is 0 Å². The van der Waals surface area contributed by atoms with Gasteiger partial charge < -0.3 is 4.99 Å². The summed E-state index contributed by atoms with van der Waals surface area (Å²) in [6.07, 6.45) is -4.46. The summed E-state index contributed by atoms with van der Waals surface area (Å²) in [7, 11) is 1.31. The molecule has 0 aliphatic heterocycles. The van der Waals surface area contributed by atoms with Crippen LogP contribution in [-0.2, 0) is 4.79 Å². The maximum Gasteiger partial charge on any atom is 0.450 e. The van der Waals surface area contributed by atoms with Crippen LogP contribution in [0.1, 0.15) is 6.42 Å². The molecular formula is C5H6F3NO. The zero-order valence-corrected chi connectivity index (χ0v) is 5.27. The second-order valence-corrected chi connectivity index (χ2v) is 1.57. The zero-order chi connectivity index (χ0) is 8.20. The first-order valence-electron chi connectivity index (χ1n) is 2.49. The summed E-state index contributed by atoms with van der Waals surface area (Å²) in [6, 6.07) is 0. The molecule has 0 amide bonds. The van der Waals surface area contributed by atoms with Gasteiger partial charge in [-0.25, -0.2) is 0 Å². The van der Waals surface area contributed by atoms with Crippen molar-refractivity contribution >= 4 is 12.0 Å². The predicted octanol–water partition coefficient (Wildman–Crippen LogP) is 1.21. The fourth-order valence-electron chi connectivity index (χ4n) is 0.290. The van der Waals surface area contributed by atoms with Gasteiger partial charge in [0.25, 0.3) is 0 Å². The number of nitrogens with zero attached hydrogens (tertiary/aromatic N) is 1. The first kappa shape index (κ1) is 9.13. The van der Waals surface area contributed by atoms with Gasteiger partial charge >= 0.3 is 6.18 Å². The molecule has 0 saturated carbocycles. The van der Waals surface area contributed by atoms with Gasteiger partial charge in [0.2, 0.25) is 5.78 Å². The van der Waals surface area contributed by atoms with Crippen LogP contribution in [0.25, 0.3) is 0 Å². The van der Waals surface area contributed by atoms with E-state index in [1.54, 1.807) is 0 Å². The smallest absolute Gasteiger partial charge is 0.300 e. The Hall–Kier alpha value is -0.870. The number of Topliss-reactive ketones (excluding diaryl/α,β-unsaturated/α-hetero) is 1. The van der Waals surface area contributed by atoms with E-state index < -0.39 is 18.4 Å². The van der Waals surface area contributed by atoms with E-state index in [1.807, 2.05) is 0 Å². The maximum atomic E-state index is 11.4. The molecule has 0 atom stereocenters. The molecule has 0 saturated heterocycles. The molecule has 0 aromatic rings. The largest absolute Gasteiger partial charge is 0.450 e. The standard InChI is InChI=1S/C5H6F3NO/c1-9-3-2-4(10)5(6,7)8/h3H,2H2,1H3. The zero-order valence-electron chi connectivity index (χ0n) is 5.27. The number of alkyl halides is 3. The molecule has 2 nitrogen and oxygen atoms in total. The molecular weight excluding hydrogens is 147 g/mol. The van der Waals surface area contributed by atoms with Gasteiger partial charge in [0, 0.05) is 13.3 Å². The van der Waals surface area contributed by atoms with Gasteiger partial charge in [0.1, 0.15) is 0 Å². The van der Waals surface area contributed by atoms with Crippen LogP contribution in [0.2, 0.25) is 0 Å². The van der Waals surface area contributed by atoms with E-state index in [2.05, 4.69) is 4.99 Å². The minimum Gasteiger partial charge on any atom is -0.300 e. The molecule has 0 aromatic carbocycles. The van der Waals surface area contributed by atoms with Crippen molar-refractivity contribution in [2.24, 2.45) is 4.99 Å². The number of hydrogen-bond donors (Lipinski definition) is 0. The van der Waals surface area contributed by atoms with Gasteiger partial charge in [-0.1, -0.05) is 0 Å². The summed E-state index contributed by atoms with van der Waals surface area (Å²) in [5.74, 6) is -1.77. The van der Waals surface area contributed by atoms with Gasteiger partial charge in [-0.05, 0) is 0 Å². The Morgan fingerprint density at radius 1 is 1.60 bits per heavy atom. The van der Waals surface area contributed by atoms with Crippen molar-refractivity contribution in [3.8, 4) is 0 Å². The summed E-state index contributed by atoms with van der Waals surface area (Å²) in [4.78, 5) is 13.3. The highest BCUT2D eigenvalue weighted by molar-refractivity contribution is 5.94. The average Bonchev–Trinajstić information content (AvgIpc) is 1.80. The lowest BCUT2D eigenvalue weighted by molar-refractivity contribution is -0.169. The van der Waals surface area contributed by atoms with Crippen LogP contribution in [-0.4, -0.2) is 25.2 Å². The molecule has 0 N–H and O–H groups in total. The highest BCUT2D eigenvalue weighted by Gasteiger charge is 2.36. The molecule has 0 fully saturated rings. The van der Waals surface area contributed by atoms with E-state index in [-0.39, 0.29) is 0 Å². The van der Waals surface area contributed by atoms with E-state index in [0.29, 0.717) is 0 Å². The van der Waals surface area contributed by atoms with E-state index in [1.165, 1.54) is 7.05 Å². The Bertz CT molecular complexity index is 149. The third-order valence-corrected chi connectivity index (χ3v) is 0.775. The molecule has 0 spiro atoms. The molecule has 0 radical (unpaired) electrons. The molecule has 0 unspecified atom stereocenters. The van der Waals surface area contributed by atoms with Crippen LogP contribution < -0.4 is 0 Å². The number of rotatable bonds is 2. The Morgan fingerprint density at radius 3 is 2.40 bits per heavy atom. The van der Waals surface area contributed by atoms with Crippen LogP contribution in [0.5, 0.6) is 0 Å². The number of carbonyl (C=O) groups excluding carboxylic acids is 1. The Labute approximate surface area is 55.8 Å². The molecule has 0 aromatic heterocycles. The molecule has 0 aliphatic rings. The van der Waals surface area contributed by atoms with Gasteiger partial charge in [-0.2, -0.15) is 13.2 Å². The Morgan fingerprint density at radius 2 is 2.10 bits per heavy atom. The second kappa shape index (κ2) is 3.34. The monoisotopic (exact) mass is 153 g/mol. The third-order valence-electron chi connectivity index (χ3n) is 0.775. The average molecular weight is 153 g/mol. The molecule has 5 heteroatoms. The number of carbonyl (C=O) groups is 1. The van der Waals surface area contributed by atoms with Crippen molar-refractivity contribution in [1.29, 1.82) is 0 Å². The topological polar surface area (TPSA) is 29.4 Å². The molecule has 0 rings (SSSR count). The molecule has 0 bridgehead atoms. The summed E-state index contributed by atoms with van der Waals surface area (Å²) in [6.45, 7) is 0. The lowest BCUT2D eigenvalue weighted by Gasteiger charge is -1.99. The highest BCUT2D eigenvalue weighted by Crippen LogP contribution is 2.16. The van der Waals surface area contributed by atoms with Crippen molar-refractivity contribution < 1.29 is 18.0 Å². The van der Waals surface area contributed by atoms with Crippen LogP contribution in [0.4, 0.5) is 13.2 Å². The summed E-state index contributed by atoms with van der Waals surface area (Å²) < 4.78 is 34.1. The Kier molecular flexibility index (Phi) is 3.05. The minimum absolute atomic E-state index is 0.667.